The summed E-state index contributed by atoms with van der Waals surface area (Å²) in [5.41, 5.74) is -0.413. The van der Waals surface area contributed by atoms with Gasteiger partial charge in [0.2, 0.25) is 0 Å². The van der Waals surface area contributed by atoms with Crippen LogP contribution in [0.5, 0.6) is 0 Å². The van der Waals surface area contributed by atoms with Crippen LogP contribution in [-0.4, -0.2) is 13.9 Å². The van der Waals surface area contributed by atoms with Crippen molar-refractivity contribution in [2.24, 2.45) is 7.05 Å². The lowest BCUT2D eigenvalue weighted by atomic mass is 10.2. The average molecular weight is 179 g/mol. The fraction of sp³-hybridized carbons (Fsp3) is 0.500. The van der Waals surface area contributed by atoms with Gasteiger partial charge in [0, 0.05) is 7.05 Å². The highest BCUT2D eigenvalue weighted by atomic mass is 16.2. The highest BCUT2D eigenvalue weighted by Gasteiger charge is 2.36. The van der Waals surface area contributed by atoms with Crippen molar-refractivity contribution in [3.05, 3.63) is 33.1 Å². The zero-order valence-corrected chi connectivity index (χ0v) is 7.17. The predicted molar refractivity (Wildman–Crippen MR) is 45.8 cm³/mol. The van der Waals surface area contributed by atoms with Crippen molar-refractivity contribution in [3.8, 4) is 0 Å². The molecule has 5 heteroatoms. The van der Waals surface area contributed by atoms with Gasteiger partial charge in [-0.3, -0.25) is 0 Å². The molecule has 2 bridgehead atoms. The predicted octanol–water partition coefficient (Wildman–Crippen LogP) is -0.596. The second-order valence-electron chi connectivity index (χ2n) is 3.57. The first-order valence-corrected chi connectivity index (χ1v) is 4.28. The van der Waals surface area contributed by atoms with Gasteiger partial charge in [0.15, 0.2) is 0 Å². The summed E-state index contributed by atoms with van der Waals surface area (Å²) in [7, 11) is 1.52. The van der Waals surface area contributed by atoms with Gasteiger partial charge in [0.25, 0.3) is 0 Å². The van der Waals surface area contributed by atoms with Gasteiger partial charge < -0.3 is 0 Å². The van der Waals surface area contributed by atoms with E-state index in [4.69, 9.17) is 0 Å². The fourth-order valence-electron chi connectivity index (χ4n) is 2.20. The van der Waals surface area contributed by atoms with E-state index >= 15 is 0 Å². The third kappa shape index (κ3) is 0.599. The summed E-state index contributed by atoms with van der Waals surface area (Å²) < 4.78 is 4.26. The summed E-state index contributed by atoms with van der Waals surface area (Å²) in [6, 6.07) is 0.206. The Morgan fingerprint density at radius 3 is 2.08 bits per heavy atom. The van der Waals surface area contributed by atoms with E-state index in [2.05, 4.69) is 0 Å². The van der Waals surface area contributed by atoms with Crippen LogP contribution < -0.4 is 11.4 Å². The van der Waals surface area contributed by atoms with Gasteiger partial charge in [-0.2, -0.15) is 0 Å². The Hall–Kier alpha value is -1.52. The number of hydrogen-bond acceptors (Lipinski definition) is 2. The molecule has 1 aromatic heterocycles. The molecule has 1 aromatic rings. The molecule has 2 aliphatic rings. The third-order valence-corrected chi connectivity index (χ3v) is 2.86. The lowest BCUT2D eigenvalue weighted by Crippen LogP contribution is -2.27. The molecule has 5 nitrogen and oxygen atoms in total. The molecule has 0 amide bonds. The monoisotopic (exact) mass is 179 g/mol. The highest BCUT2D eigenvalue weighted by molar-refractivity contribution is 5.12. The van der Waals surface area contributed by atoms with Crippen molar-refractivity contribution in [1.82, 2.24) is 13.9 Å². The summed E-state index contributed by atoms with van der Waals surface area (Å²) in [6.45, 7) is 0. The van der Waals surface area contributed by atoms with Gasteiger partial charge in [-0.15, -0.1) is 0 Å². The van der Waals surface area contributed by atoms with Crippen LogP contribution >= 0.6 is 0 Å². The second-order valence-corrected chi connectivity index (χ2v) is 3.57. The van der Waals surface area contributed by atoms with E-state index in [9.17, 15) is 9.59 Å². The van der Waals surface area contributed by atoms with Gasteiger partial charge in [0.05, 0.1) is 12.1 Å². The number of fused-ring (bicyclic) bond motifs is 5. The minimum absolute atomic E-state index is 0.103. The molecule has 1 aliphatic carbocycles. The Morgan fingerprint density at radius 2 is 1.62 bits per heavy atom. The molecule has 0 radical (unpaired) electrons. The quantitative estimate of drug-likeness (QED) is 0.499. The van der Waals surface area contributed by atoms with Crippen molar-refractivity contribution in [2.45, 2.75) is 18.5 Å². The summed E-state index contributed by atoms with van der Waals surface area (Å²) in [4.78, 5) is 23.1. The molecule has 1 aliphatic heterocycles. The molecule has 0 aromatic carbocycles. The SMILES string of the molecule is Cn1c(=O)n2n(c1=O)C1C=CC2C1. The number of rotatable bonds is 0. The lowest BCUT2D eigenvalue weighted by molar-refractivity contribution is 0.505. The third-order valence-electron chi connectivity index (χ3n) is 2.86. The minimum Gasteiger partial charge on any atom is -0.246 e. The molecule has 0 N–H and O–H groups in total. The number of hydrogen-bond donors (Lipinski definition) is 0. The van der Waals surface area contributed by atoms with Gasteiger partial charge in [0.1, 0.15) is 0 Å². The standard InChI is InChI=1S/C8H9N3O2/c1-9-7(12)10-5-2-3-6(4-5)11(10)8(9)13/h2-3,5-6H,4H2,1H3. The van der Waals surface area contributed by atoms with Crippen molar-refractivity contribution < 1.29 is 0 Å². The molecule has 2 heterocycles. The maximum absolute atomic E-state index is 11.5. The number of nitrogens with zero attached hydrogens (tertiary/aromatic N) is 3. The Kier molecular flexibility index (Phi) is 0.995. The van der Waals surface area contributed by atoms with Crippen LogP contribution in [0.3, 0.4) is 0 Å². The number of aromatic nitrogens is 3. The molecule has 2 unspecified atom stereocenters. The molecule has 0 spiro atoms. The van der Waals surface area contributed by atoms with Crippen molar-refractivity contribution in [1.29, 1.82) is 0 Å². The average Bonchev–Trinajstić information content (AvgIpc) is 2.76. The van der Waals surface area contributed by atoms with Crippen LogP contribution in [-0.2, 0) is 7.05 Å². The van der Waals surface area contributed by atoms with E-state index in [1.54, 1.807) is 9.36 Å². The Labute approximate surface area is 73.5 Å². The molecule has 2 atom stereocenters. The zero-order valence-electron chi connectivity index (χ0n) is 7.17. The van der Waals surface area contributed by atoms with Gasteiger partial charge in [-0.05, 0) is 6.42 Å². The van der Waals surface area contributed by atoms with Crippen LogP contribution in [0.2, 0.25) is 0 Å². The van der Waals surface area contributed by atoms with Crippen LogP contribution in [0.4, 0.5) is 0 Å². The summed E-state index contributed by atoms with van der Waals surface area (Å²) >= 11 is 0. The van der Waals surface area contributed by atoms with E-state index in [1.807, 2.05) is 12.2 Å². The lowest BCUT2D eigenvalue weighted by Gasteiger charge is -2.07. The smallest absolute Gasteiger partial charge is 0.246 e. The van der Waals surface area contributed by atoms with Gasteiger partial charge in [-0.25, -0.2) is 23.5 Å². The molecule has 0 saturated carbocycles. The maximum atomic E-state index is 11.5. The number of allylic oxidation sites excluding steroid dienone is 2. The topological polar surface area (TPSA) is 48.9 Å². The Morgan fingerprint density at radius 1 is 1.15 bits per heavy atom. The van der Waals surface area contributed by atoms with Crippen LogP contribution in [0.15, 0.2) is 21.7 Å². The molecule has 3 rings (SSSR count). The molecule has 0 saturated heterocycles. The molecular formula is C8H9N3O2. The van der Waals surface area contributed by atoms with E-state index in [-0.39, 0.29) is 23.5 Å². The summed E-state index contributed by atoms with van der Waals surface area (Å²) in [5, 5.41) is 0. The van der Waals surface area contributed by atoms with E-state index in [1.165, 1.54) is 7.05 Å². The van der Waals surface area contributed by atoms with E-state index in [0.29, 0.717) is 0 Å². The molecule has 13 heavy (non-hydrogen) atoms. The van der Waals surface area contributed by atoms with Gasteiger partial charge in [-0.1, -0.05) is 12.2 Å². The highest BCUT2D eigenvalue weighted by Crippen LogP contribution is 2.35. The maximum Gasteiger partial charge on any atom is 0.347 e. The van der Waals surface area contributed by atoms with E-state index in [0.717, 1.165) is 11.0 Å². The first-order chi connectivity index (χ1) is 6.20. The summed E-state index contributed by atoms with van der Waals surface area (Å²) in [5.74, 6) is 0. The Balaban J connectivity index is 2.47. The first-order valence-electron chi connectivity index (χ1n) is 4.28. The fourth-order valence-corrected chi connectivity index (χ4v) is 2.20. The van der Waals surface area contributed by atoms with Crippen molar-refractivity contribution in [3.63, 3.8) is 0 Å². The largest absolute Gasteiger partial charge is 0.347 e. The van der Waals surface area contributed by atoms with Crippen molar-refractivity contribution in [2.75, 3.05) is 0 Å². The normalized spacial score (nSPS) is 28.4. The van der Waals surface area contributed by atoms with E-state index < -0.39 is 0 Å². The molecular weight excluding hydrogens is 170 g/mol. The van der Waals surface area contributed by atoms with Crippen LogP contribution in [0, 0.1) is 0 Å². The van der Waals surface area contributed by atoms with Gasteiger partial charge >= 0.3 is 11.4 Å². The molecule has 0 fully saturated rings. The zero-order chi connectivity index (χ0) is 9.16. The Bertz CT molecular complexity index is 473. The van der Waals surface area contributed by atoms with Crippen molar-refractivity contribution >= 4 is 0 Å². The van der Waals surface area contributed by atoms with Crippen LogP contribution in [0.25, 0.3) is 0 Å². The first kappa shape index (κ1) is 6.94. The van der Waals surface area contributed by atoms with Crippen LogP contribution in [0.1, 0.15) is 18.5 Å². The summed E-state index contributed by atoms with van der Waals surface area (Å²) in [6.07, 6.45) is 4.85. The second kappa shape index (κ2) is 1.86. The molecule has 68 valence electrons. The minimum atomic E-state index is -0.207.